The van der Waals surface area contributed by atoms with Gasteiger partial charge in [0.2, 0.25) is 0 Å². The molecule has 2 nitrogen and oxygen atoms in total. The third kappa shape index (κ3) is 2.46. The number of carbonyl (C=O) groups excluding carboxylic acids is 1. The van der Waals surface area contributed by atoms with E-state index in [9.17, 15) is 4.79 Å². The molecule has 0 spiro atoms. The first kappa shape index (κ1) is 11.6. The molecule has 0 unspecified atom stereocenters. The van der Waals surface area contributed by atoms with Gasteiger partial charge in [0.15, 0.2) is 0 Å². The summed E-state index contributed by atoms with van der Waals surface area (Å²) < 4.78 is 0. The van der Waals surface area contributed by atoms with Crippen LogP contribution in [0.2, 0.25) is 0 Å². The van der Waals surface area contributed by atoms with Crippen molar-refractivity contribution in [3.63, 3.8) is 0 Å². The molecule has 88 valence electrons. The highest BCUT2D eigenvalue weighted by molar-refractivity contribution is 7.12. The normalized spacial score (nSPS) is 17.2. The molecule has 0 saturated carbocycles. The predicted molar refractivity (Wildman–Crippen MR) is 68.2 cm³/mol. The van der Waals surface area contributed by atoms with Crippen LogP contribution in [0.1, 0.15) is 45.8 Å². The van der Waals surface area contributed by atoms with Gasteiger partial charge in [-0.25, -0.2) is 0 Å². The third-order valence-corrected chi connectivity index (χ3v) is 4.13. The van der Waals surface area contributed by atoms with E-state index < -0.39 is 0 Å². The van der Waals surface area contributed by atoms with Gasteiger partial charge in [0, 0.05) is 22.8 Å². The highest BCUT2D eigenvalue weighted by Gasteiger charge is 2.19. The van der Waals surface area contributed by atoms with Crippen molar-refractivity contribution in [2.24, 2.45) is 0 Å². The van der Waals surface area contributed by atoms with E-state index in [0.29, 0.717) is 0 Å². The first-order valence-corrected chi connectivity index (χ1v) is 6.86. The van der Waals surface area contributed by atoms with E-state index in [2.05, 4.69) is 6.92 Å². The lowest BCUT2D eigenvalue weighted by Gasteiger charge is -2.20. The van der Waals surface area contributed by atoms with E-state index in [0.717, 1.165) is 36.4 Å². The second-order valence-corrected chi connectivity index (χ2v) is 5.99. The lowest BCUT2D eigenvalue weighted by Crippen LogP contribution is -2.31. The lowest BCUT2D eigenvalue weighted by atomic mass is 10.2. The number of hydrogen-bond acceptors (Lipinski definition) is 2. The molecule has 0 aliphatic carbocycles. The molecule has 0 radical (unpaired) electrons. The summed E-state index contributed by atoms with van der Waals surface area (Å²) >= 11 is 1.72. The van der Waals surface area contributed by atoms with E-state index >= 15 is 0 Å². The zero-order chi connectivity index (χ0) is 11.5. The minimum absolute atomic E-state index is 0.240. The molecular formula is C13H19NOS. The summed E-state index contributed by atoms with van der Waals surface area (Å²) in [6.45, 7) is 5.99. The van der Waals surface area contributed by atoms with Gasteiger partial charge in [0.05, 0.1) is 5.56 Å². The van der Waals surface area contributed by atoms with Crippen LogP contribution >= 0.6 is 11.3 Å². The summed E-state index contributed by atoms with van der Waals surface area (Å²) in [4.78, 5) is 16.7. The Balaban J connectivity index is 2.14. The van der Waals surface area contributed by atoms with Crippen molar-refractivity contribution in [1.29, 1.82) is 0 Å². The Labute approximate surface area is 101 Å². The maximum absolute atomic E-state index is 12.3. The fourth-order valence-corrected chi connectivity index (χ4v) is 3.20. The van der Waals surface area contributed by atoms with Gasteiger partial charge in [-0.1, -0.05) is 12.8 Å². The Morgan fingerprint density at radius 3 is 2.31 bits per heavy atom. The highest BCUT2D eigenvalue weighted by atomic mass is 32.1. The fraction of sp³-hybridized carbons (Fsp3) is 0.615. The monoisotopic (exact) mass is 237 g/mol. The molecule has 0 aromatic carbocycles. The van der Waals surface area contributed by atoms with Gasteiger partial charge in [-0.05, 0) is 32.8 Å². The molecule has 1 amide bonds. The zero-order valence-corrected chi connectivity index (χ0v) is 10.9. The van der Waals surface area contributed by atoms with Gasteiger partial charge in [-0.3, -0.25) is 4.79 Å². The van der Waals surface area contributed by atoms with Crippen LogP contribution in [0.5, 0.6) is 0 Å². The Hall–Kier alpha value is -0.830. The van der Waals surface area contributed by atoms with Gasteiger partial charge in [0.1, 0.15) is 0 Å². The van der Waals surface area contributed by atoms with Crippen molar-refractivity contribution in [2.75, 3.05) is 13.1 Å². The van der Waals surface area contributed by atoms with Crippen LogP contribution < -0.4 is 0 Å². The average Bonchev–Trinajstić information content (AvgIpc) is 2.49. The van der Waals surface area contributed by atoms with Crippen LogP contribution in [0, 0.1) is 13.8 Å². The van der Waals surface area contributed by atoms with Gasteiger partial charge in [-0.15, -0.1) is 11.3 Å². The average molecular weight is 237 g/mol. The zero-order valence-electron chi connectivity index (χ0n) is 10.1. The molecular weight excluding hydrogens is 218 g/mol. The maximum Gasteiger partial charge on any atom is 0.254 e. The molecule has 2 heterocycles. The summed E-state index contributed by atoms with van der Waals surface area (Å²) in [5, 5.41) is 0. The quantitative estimate of drug-likeness (QED) is 0.733. The number of likely N-dealkylation sites (tertiary alicyclic amines) is 1. The topological polar surface area (TPSA) is 20.3 Å². The third-order valence-electron chi connectivity index (χ3n) is 3.16. The first-order valence-electron chi connectivity index (χ1n) is 6.05. The van der Waals surface area contributed by atoms with Gasteiger partial charge in [0.25, 0.3) is 5.91 Å². The van der Waals surface area contributed by atoms with Crippen LogP contribution in [0.25, 0.3) is 0 Å². The maximum atomic E-state index is 12.3. The van der Waals surface area contributed by atoms with E-state index in [1.54, 1.807) is 11.3 Å². The molecule has 16 heavy (non-hydrogen) atoms. The van der Waals surface area contributed by atoms with Crippen LogP contribution in [0.15, 0.2) is 6.07 Å². The van der Waals surface area contributed by atoms with E-state index in [-0.39, 0.29) is 5.91 Å². The summed E-state index contributed by atoms with van der Waals surface area (Å²) in [5.74, 6) is 0.240. The Morgan fingerprint density at radius 1 is 1.19 bits per heavy atom. The summed E-state index contributed by atoms with van der Waals surface area (Å²) in [7, 11) is 0. The van der Waals surface area contributed by atoms with Gasteiger partial charge >= 0.3 is 0 Å². The molecule has 3 heteroatoms. The fourth-order valence-electron chi connectivity index (χ4n) is 2.29. The second-order valence-electron chi connectivity index (χ2n) is 4.53. The van der Waals surface area contributed by atoms with Crippen LogP contribution in [0.3, 0.4) is 0 Å². The number of hydrogen-bond donors (Lipinski definition) is 0. The van der Waals surface area contributed by atoms with Crippen molar-refractivity contribution in [3.8, 4) is 0 Å². The van der Waals surface area contributed by atoms with Gasteiger partial charge < -0.3 is 4.90 Å². The molecule has 1 fully saturated rings. The summed E-state index contributed by atoms with van der Waals surface area (Å²) in [6.07, 6.45) is 4.86. The van der Waals surface area contributed by atoms with Crippen molar-refractivity contribution in [3.05, 3.63) is 21.4 Å². The predicted octanol–water partition coefficient (Wildman–Crippen LogP) is 3.38. The molecule has 1 aliphatic heterocycles. The van der Waals surface area contributed by atoms with Gasteiger partial charge in [-0.2, -0.15) is 0 Å². The summed E-state index contributed by atoms with van der Waals surface area (Å²) in [6, 6.07) is 2.03. The number of nitrogens with zero attached hydrogens (tertiary/aromatic N) is 1. The van der Waals surface area contributed by atoms with Crippen molar-refractivity contribution in [2.45, 2.75) is 39.5 Å². The lowest BCUT2D eigenvalue weighted by molar-refractivity contribution is 0.0761. The Kier molecular flexibility index (Phi) is 3.64. The van der Waals surface area contributed by atoms with E-state index in [1.807, 2.05) is 17.9 Å². The molecule has 0 bridgehead atoms. The van der Waals surface area contributed by atoms with Crippen LogP contribution in [-0.2, 0) is 0 Å². The van der Waals surface area contributed by atoms with Crippen molar-refractivity contribution >= 4 is 17.2 Å². The second kappa shape index (κ2) is 5.00. The van der Waals surface area contributed by atoms with Crippen LogP contribution in [0.4, 0.5) is 0 Å². The highest BCUT2D eigenvalue weighted by Crippen LogP contribution is 2.23. The smallest absolute Gasteiger partial charge is 0.254 e. The number of rotatable bonds is 1. The van der Waals surface area contributed by atoms with Crippen LogP contribution in [-0.4, -0.2) is 23.9 Å². The molecule has 1 aromatic heterocycles. The van der Waals surface area contributed by atoms with E-state index in [1.165, 1.54) is 17.7 Å². The van der Waals surface area contributed by atoms with Crippen molar-refractivity contribution in [1.82, 2.24) is 4.90 Å². The molecule has 2 rings (SSSR count). The standard InChI is InChI=1S/C13H19NOS/c1-10-9-12(11(2)16-10)13(15)14-7-5-3-4-6-8-14/h9H,3-8H2,1-2H3. The minimum Gasteiger partial charge on any atom is -0.339 e. The Morgan fingerprint density at radius 2 is 1.81 bits per heavy atom. The van der Waals surface area contributed by atoms with Crippen molar-refractivity contribution < 1.29 is 4.79 Å². The molecule has 1 aliphatic rings. The number of aryl methyl sites for hydroxylation is 2. The largest absolute Gasteiger partial charge is 0.339 e. The SMILES string of the molecule is Cc1cc(C(=O)N2CCCCCC2)c(C)s1. The molecule has 1 saturated heterocycles. The molecule has 0 N–H and O–H groups in total. The number of carbonyl (C=O) groups is 1. The van der Waals surface area contributed by atoms with E-state index in [4.69, 9.17) is 0 Å². The Bertz CT molecular complexity index is 375. The first-order chi connectivity index (χ1) is 7.68. The molecule has 0 atom stereocenters. The minimum atomic E-state index is 0.240. The molecule has 1 aromatic rings. The number of thiophene rings is 1. The number of amides is 1. The summed E-state index contributed by atoms with van der Waals surface area (Å²) in [5.41, 5.74) is 0.921.